The first-order valence-corrected chi connectivity index (χ1v) is 10.2. The van der Waals surface area contributed by atoms with Gasteiger partial charge in [0.25, 0.3) is 0 Å². The van der Waals surface area contributed by atoms with E-state index in [1.54, 1.807) is 11.3 Å². The first-order chi connectivity index (χ1) is 11.6. The standard InChI is InChI=1S/C19H31N3OS/c1-3-10-22-15-19(7-11-21(2)12-8-19)14-17(22)18(23)20-9-6-16-5-4-13-24-16/h4-5,13,17H,3,6-12,14-15H2,1-2H3,(H,20,23). The molecule has 1 unspecified atom stereocenters. The molecule has 4 nitrogen and oxygen atoms in total. The Bertz CT molecular complexity index is 523. The molecule has 24 heavy (non-hydrogen) atoms. The topological polar surface area (TPSA) is 35.6 Å². The number of thiophene rings is 1. The molecule has 134 valence electrons. The summed E-state index contributed by atoms with van der Waals surface area (Å²) in [6.45, 7) is 7.47. The van der Waals surface area contributed by atoms with Crippen molar-refractivity contribution >= 4 is 17.2 Å². The number of likely N-dealkylation sites (tertiary alicyclic amines) is 2. The predicted octanol–water partition coefficient (Wildman–Crippen LogP) is 2.60. The zero-order valence-electron chi connectivity index (χ0n) is 15.1. The summed E-state index contributed by atoms with van der Waals surface area (Å²) in [4.78, 5) is 19.0. The fourth-order valence-corrected chi connectivity index (χ4v) is 4.97. The maximum atomic E-state index is 12.8. The smallest absolute Gasteiger partial charge is 0.237 e. The van der Waals surface area contributed by atoms with Gasteiger partial charge < -0.3 is 10.2 Å². The Morgan fingerprint density at radius 2 is 2.21 bits per heavy atom. The molecule has 1 aromatic heterocycles. The Balaban J connectivity index is 1.56. The SMILES string of the molecule is CCCN1CC2(CCN(C)CC2)CC1C(=O)NCCc1cccs1. The van der Waals surface area contributed by atoms with Crippen LogP contribution in [0.3, 0.4) is 0 Å². The highest BCUT2D eigenvalue weighted by atomic mass is 32.1. The number of hydrogen-bond donors (Lipinski definition) is 1. The van der Waals surface area contributed by atoms with Gasteiger partial charge in [0, 0.05) is 18.0 Å². The van der Waals surface area contributed by atoms with Crippen LogP contribution in [0.15, 0.2) is 17.5 Å². The van der Waals surface area contributed by atoms with E-state index in [1.165, 1.54) is 30.8 Å². The van der Waals surface area contributed by atoms with E-state index in [0.29, 0.717) is 5.41 Å². The lowest BCUT2D eigenvalue weighted by molar-refractivity contribution is -0.125. The Hall–Kier alpha value is -0.910. The van der Waals surface area contributed by atoms with Crippen molar-refractivity contribution in [1.82, 2.24) is 15.1 Å². The van der Waals surface area contributed by atoms with Crippen molar-refractivity contribution in [3.63, 3.8) is 0 Å². The molecule has 1 spiro atoms. The Kier molecular flexibility index (Phi) is 5.95. The van der Waals surface area contributed by atoms with Crippen LogP contribution in [0.5, 0.6) is 0 Å². The third-order valence-corrected chi connectivity index (χ3v) is 6.65. The van der Waals surface area contributed by atoms with E-state index in [-0.39, 0.29) is 11.9 Å². The molecule has 3 heterocycles. The van der Waals surface area contributed by atoms with Gasteiger partial charge in [0.05, 0.1) is 6.04 Å². The van der Waals surface area contributed by atoms with E-state index in [9.17, 15) is 4.79 Å². The average molecular weight is 350 g/mol. The molecule has 3 rings (SSSR count). The van der Waals surface area contributed by atoms with Gasteiger partial charge in [0.1, 0.15) is 0 Å². The van der Waals surface area contributed by atoms with E-state index >= 15 is 0 Å². The molecule has 1 amide bonds. The molecule has 2 fully saturated rings. The molecule has 2 aliphatic rings. The highest BCUT2D eigenvalue weighted by Gasteiger charge is 2.47. The number of nitrogens with zero attached hydrogens (tertiary/aromatic N) is 2. The number of hydrogen-bond acceptors (Lipinski definition) is 4. The van der Waals surface area contributed by atoms with Gasteiger partial charge in [0.15, 0.2) is 0 Å². The second-order valence-electron chi connectivity index (χ2n) is 7.61. The molecule has 2 aliphatic heterocycles. The monoisotopic (exact) mass is 349 g/mol. The van der Waals surface area contributed by atoms with Gasteiger partial charge in [-0.1, -0.05) is 13.0 Å². The second-order valence-corrected chi connectivity index (χ2v) is 8.65. The zero-order chi connectivity index (χ0) is 17.0. The first-order valence-electron chi connectivity index (χ1n) is 9.34. The molecule has 0 bridgehead atoms. The van der Waals surface area contributed by atoms with Crippen LogP contribution in [0.2, 0.25) is 0 Å². The number of carbonyl (C=O) groups excluding carboxylic acids is 1. The van der Waals surface area contributed by atoms with Crippen LogP contribution < -0.4 is 5.32 Å². The molecule has 0 aliphatic carbocycles. The minimum Gasteiger partial charge on any atom is -0.354 e. The second kappa shape index (κ2) is 7.98. The summed E-state index contributed by atoms with van der Waals surface area (Å²) >= 11 is 1.77. The summed E-state index contributed by atoms with van der Waals surface area (Å²) < 4.78 is 0. The van der Waals surface area contributed by atoms with Crippen LogP contribution in [0.4, 0.5) is 0 Å². The summed E-state index contributed by atoms with van der Waals surface area (Å²) in [7, 11) is 2.21. The van der Waals surface area contributed by atoms with E-state index < -0.39 is 0 Å². The highest BCUT2D eigenvalue weighted by Crippen LogP contribution is 2.43. The van der Waals surface area contributed by atoms with Crippen molar-refractivity contribution in [3.8, 4) is 0 Å². The largest absolute Gasteiger partial charge is 0.354 e. The number of piperidine rings is 1. The van der Waals surface area contributed by atoms with Gasteiger partial charge in [-0.25, -0.2) is 0 Å². The van der Waals surface area contributed by atoms with Gasteiger partial charge in [0.2, 0.25) is 5.91 Å². The molecule has 5 heteroatoms. The van der Waals surface area contributed by atoms with Crippen molar-refractivity contribution in [3.05, 3.63) is 22.4 Å². The number of amides is 1. The van der Waals surface area contributed by atoms with Crippen molar-refractivity contribution < 1.29 is 4.79 Å². The molecule has 0 radical (unpaired) electrons. The van der Waals surface area contributed by atoms with Crippen molar-refractivity contribution in [2.24, 2.45) is 5.41 Å². The Morgan fingerprint density at radius 1 is 1.42 bits per heavy atom. The lowest BCUT2D eigenvalue weighted by Gasteiger charge is -2.37. The quantitative estimate of drug-likeness (QED) is 0.857. The number of nitrogens with one attached hydrogen (secondary N) is 1. The van der Waals surface area contributed by atoms with Crippen LogP contribution >= 0.6 is 11.3 Å². The van der Waals surface area contributed by atoms with Crippen LogP contribution in [0.1, 0.15) is 37.5 Å². The van der Waals surface area contributed by atoms with Crippen LogP contribution in [-0.4, -0.2) is 61.5 Å². The molecule has 0 saturated carbocycles. The summed E-state index contributed by atoms with van der Waals surface area (Å²) in [5.41, 5.74) is 0.372. The number of rotatable bonds is 6. The van der Waals surface area contributed by atoms with Crippen LogP contribution in [0, 0.1) is 5.41 Å². The minimum atomic E-state index is 0.0803. The van der Waals surface area contributed by atoms with E-state index in [4.69, 9.17) is 0 Å². The Labute approximate surface area is 150 Å². The molecular weight excluding hydrogens is 318 g/mol. The van der Waals surface area contributed by atoms with Gasteiger partial charge in [-0.05, 0) is 75.6 Å². The normalized spacial score (nSPS) is 24.5. The zero-order valence-corrected chi connectivity index (χ0v) is 15.9. The van der Waals surface area contributed by atoms with Crippen molar-refractivity contribution in [1.29, 1.82) is 0 Å². The molecular formula is C19H31N3OS. The predicted molar refractivity (Wildman–Crippen MR) is 100 cm³/mol. The summed E-state index contributed by atoms with van der Waals surface area (Å²) in [5, 5.41) is 5.30. The molecule has 1 N–H and O–H groups in total. The van der Waals surface area contributed by atoms with Crippen molar-refractivity contribution in [2.45, 2.75) is 45.1 Å². The van der Waals surface area contributed by atoms with Gasteiger partial charge in [-0.2, -0.15) is 0 Å². The third-order valence-electron chi connectivity index (χ3n) is 5.72. The number of carbonyl (C=O) groups is 1. The highest BCUT2D eigenvalue weighted by molar-refractivity contribution is 7.09. The fraction of sp³-hybridized carbons (Fsp3) is 0.737. The molecule has 2 saturated heterocycles. The maximum absolute atomic E-state index is 12.8. The van der Waals surface area contributed by atoms with Crippen LogP contribution in [0.25, 0.3) is 0 Å². The van der Waals surface area contributed by atoms with Crippen LogP contribution in [-0.2, 0) is 11.2 Å². The summed E-state index contributed by atoms with van der Waals surface area (Å²) in [6, 6.07) is 4.30. The van der Waals surface area contributed by atoms with Gasteiger partial charge in [-0.15, -0.1) is 11.3 Å². The molecule has 1 aromatic rings. The third kappa shape index (κ3) is 4.19. The maximum Gasteiger partial charge on any atom is 0.237 e. The van der Waals surface area contributed by atoms with E-state index in [2.05, 4.69) is 46.6 Å². The van der Waals surface area contributed by atoms with Gasteiger partial charge >= 0.3 is 0 Å². The molecule has 1 atom stereocenters. The fourth-order valence-electron chi connectivity index (χ4n) is 4.26. The minimum absolute atomic E-state index is 0.0803. The Morgan fingerprint density at radius 3 is 2.88 bits per heavy atom. The summed E-state index contributed by atoms with van der Waals surface area (Å²) in [6.07, 6.45) is 5.59. The lowest BCUT2D eigenvalue weighted by Crippen LogP contribution is -2.44. The summed E-state index contributed by atoms with van der Waals surface area (Å²) in [5.74, 6) is 0.246. The molecule has 0 aromatic carbocycles. The average Bonchev–Trinajstić information content (AvgIpc) is 3.20. The van der Waals surface area contributed by atoms with Crippen molar-refractivity contribution in [2.75, 3.05) is 39.8 Å². The first kappa shape index (κ1) is 17.9. The van der Waals surface area contributed by atoms with E-state index in [0.717, 1.165) is 38.9 Å². The lowest BCUT2D eigenvalue weighted by atomic mass is 9.76. The van der Waals surface area contributed by atoms with Gasteiger partial charge in [-0.3, -0.25) is 9.69 Å². The van der Waals surface area contributed by atoms with E-state index in [1.807, 2.05) is 0 Å².